The van der Waals surface area contributed by atoms with Crippen LogP contribution in [0, 0.1) is 5.92 Å². The minimum Gasteiger partial charge on any atom is -0.374 e. The van der Waals surface area contributed by atoms with Crippen molar-refractivity contribution >= 4 is 0 Å². The maximum atomic E-state index is 2.73. The van der Waals surface area contributed by atoms with E-state index in [4.69, 9.17) is 0 Å². The van der Waals surface area contributed by atoms with E-state index < -0.39 is 0 Å². The highest BCUT2D eigenvalue weighted by Crippen LogP contribution is 2.29. The Kier molecular flexibility index (Phi) is 3.41. The summed E-state index contributed by atoms with van der Waals surface area (Å²) in [6.07, 6.45) is 13.4. The number of piperidine rings is 2. The van der Waals surface area contributed by atoms with Crippen LogP contribution in [0.3, 0.4) is 0 Å². The Hall–Kier alpha value is -0.500. The lowest BCUT2D eigenvalue weighted by molar-refractivity contribution is 0.0853. The zero-order valence-corrected chi connectivity index (χ0v) is 11.1. The summed E-state index contributed by atoms with van der Waals surface area (Å²) in [6.45, 7) is 6.40. The summed E-state index contributed by atoms with van der Waals surface area (Å²) in [5.41, 5.74) is 0. The molecule has 0 aromatic heterocycles. The van der Waals surface area contributed by atoms with E-state index in [0.717, 1.165) is 18.0 Å². The quantitative estimate of drug-likeness (QED) is 0.637. The van der Waals surface area contributed by atoms with Gasteiger partial charge in [-0.15, -0.1) is 0 Å². The fourth-order valence-electron chi connectivity index (χ4n) is 3.94. The summed E-state index contributed by atoms with van der Waals surface area (Å²) >= 11 is 0. The molecular weight excluding hydrogens is 208 g/mol. The summed E-state index contributed by atoms with van der Waals surface area (Å²) in [6, 6.07) is 1.54. The minimum atomic E-state index is 0. The van der Waals surface area contributed by atoms with Gasteiger partial charge in [-0.05, 0) is 50.8 Å². The summed E-state index contributed by atoms with van der Waals surface area (Å²) in [4.78, 5) is 5.37. The van der Waals surface area contributed by atoms with Gasteiger partial charge in [-0.2, -0.15) is 0 Å². The van der Waals surface area contributed by atoms with Crippen molar-refractivity contribution in [3.05, 3.63) is 12.3 Å². The third-order valence-corrected chi connectivity index (χ3v) is 4.94. The monoisotopic (exact) mass is 236 g/mol. The van der Waals surface area contributed by atoms with Crippen LogP contribution in [0.4, 0.5) is 0 Å². The predicted molar refractivity (Wildman–Crippen MR) is 74.0 cm³/mol. The lowest BCUT2D eigenvalue weighted by Gasteiger charge is -2.45. The SMILES string of the molecule is CC1CN2CCCCC2/C=C\N2CCCCC12.[HH]. The zero-order chi connectivity index (χ0) is 11.7. The molecule has 2 fully saturated rings. The van der Waals surface area contributed by atoms with Crippen molar-refractivity contribution in [2.75, 3.05) is 19.6 Å². The Morgan fingerprint density at radius 1 is 1.06 bits per heavy atom. The van der Waals surface area contributed by atoms with E-state index in [1.54, 1.807) is 0 Å². The molecule has 2 nitrogen and oxygen atoms in total. The number of nitrogens with zero attached hydrogens (tertiary/aromatic N) is 2. The van der Waals surface area contributed by atoms with Crippen molar-refractivity contribution < 1.29 is 1.43 Å². The van der Waals surface area contributed by atoms with Gasteiger partial charge in [0.05, 0.1) is 0 Å². The lowest BCUT2D eigenvalue weighted by Crippen LogP contribution is -2.49. The molecule has 0 N–H and O–H groups in total. The minimum absolute atomic E-state index is 0. The Labute approximate surface area is 107 Å². The second-order valence-electron chi connectivity index (χ2n) is 6.18. The Balaban J connectivity index is 0.00000120. The third kappa shape index (κ3) is 2.37. The van der Waals surface area contributed by atoms with Gasteiger partial charge >= 0.3 is 0 Å². The van der Waals surface area contributed by atoms with Gasteiger partial charge in [0.1, 0.15) is 0 Å². The molecule has 0 aliphatic carbocycles. The maximum Gasteiger partial charge on any atom is 0.0322 e. The molecule has 98 valence electrons. The number of rotatable bonds is 0. The first kappa shape index (κ1) is 11.6. The highest BCUT2D eigenvalue weighted by atomic mass is 15.2. The fourth-order valence-corrected chi connectivity index (χ4v) is 3.94. The van der Waals surface area contributed by atoms with Gasteiger partial charge in [0, 0.05) is 26.6 Å². The van der Waals surface area contributed by atoms with Crippen molar-refractivity contribution in [1.82, 2.24) is 9.80 Å². The molecule has 0 bridgehead atoms. The van der Waals surface area contributed by atoms with Gasteiger partial charge in [0.2, 0.25) is 0 Å². The molecule has 3 unspecified atom stereocenters. The van der Waals surface area contributed by atoms with Crippen LogP contribution < -0.4 is 0 Å². The van der Waals surface area contributed by atoms with Gasteiger partial charge in [0.15, 0.2) is 0 Å². The largest absolute Gasteiger partial charge is 0.374 e. The second kappa shape index (κ2) is 5.01. The van der Waals surface area contributed by atoms with Crippen LogP contribution in [0.5, 0.6) is 0 Å². The summed E-state index contributed by atoms with van der Waals surface area (Å²) < 4.78 is 0. The molecule has 3 rings (SSSR count). The first-order valence-corrected chi connectivity index (χ1v) is 7.53. The van der Waals surface area contributed by atoms with Crippen molar-refractivity contribution in [3.63, 3.8) is 0 Å². The molecule has 2 heteroatoms. The molecule has 0 amide bonds. The summed E-state index contributed by atoms with van der Waals surface area (Å²) in [5.74, 6) is 0.834. The highest BCUT2D eigenvalue weighted by Gasteiger charge is 2.31. The molecule has 0 radical (unpaired) electrons. The first-order chi connectivity index (χ1) is 8.34. The van der Waals surface area contributed by atoms with E-state index in [1.807, 2.05) is 0 Å². The van der Waals surface area contributed by atoms with Crippen LogP contribution in [0.1, 0.15) is 46.9 Å². The van der Waals surface area contributed by atoms with Crippen molar-refractivity contribution in [2.24, 2.45) is 5.92 Å². The average Bonchev–Trinajstić information content (AvgIpc) is 2.36. The smallest absolute Gasteiger partial charge is 0.0322 e. The zero-order valence-electron chi connectivity index (χ0n) is 11.1. The lowest BCUT2D eigenvalue weighted by atomic mass is 9.88. The van der Waals surface area contributed by atoms with E-state index in [2.05, 4.69) is 29.0 Å². The molecule has 3 heterocycles. The summed E-state index contributed by atoms with van der Waals surface area (Å²) in [7, 11) is 0. The average molecular weight is 236 g/mol. The number of fused-ring (bicyclic) bond motifs is 2. The number of hydrogen-bond donors (Lipinski definition) is 0. The fraction of sp³-hybridized carbons (Fsp3) is 0.867. The van der Waals surface area contributed by atoms with Crippen molar-refractivity contribution in [1.29, 1.82) is 0 Å². The molecule has 0 aromatic carbocycles. The Morgan fingerprint density at radius 2 is 1.88 bits per heavy atom. The highest BCUT2D eigenvalue weighted by molar-refractivity contribution is 5.02. The van der Waals surface area contributed by atoms with E-state index in [1.165, 1.54) is 58.2 Å². The normalized spacial score (nSPS) is 41.0. The van der Waals surface area contributed by atoms with E-state index in [9.17, 15) is 0 Å². The van der Waals surface area contributed by atoms with Crippen LogP contribution in [0.25, 0.3) is 0 Å². The van der Waals surface area contributed by atoms with Crippen LogP contribution >= 0.6 is 0 Å². The molecular formula is C15H28N2. The molecule has 17 heavy (non-hydrogen) atoms. The molecule has 0 spiro atoms. The van der Waals surface area contributed by atoms with Crippen molar-refractivity contribution in [3.8, 4) is 0 Å². The van der Waals surface area contributed by atoms with Crippen LogP contribution in [-0.4, -0.2) is 41.5 Å². The van der Waals surface area contributed by atoms with Gasteiger partial charge < -0.3 is 4.90 Å². The molecule has 0 saturated carbocycles. The molecule has 3 atom stereocenters. The summed E-state index contributed by atoms with van der Waals surface area (Å²) in [5, 5.41) is 0. The van der Waals surface area contributed by atoms with E-state index in [0.29, 0.717) is 0 Å². The van der Waals surface area contributed by atoms with Crippen LogP contribution in [0.15, 0.2) is 12.3 Å². The van der Waals surface area contributed by atoms with Crippen LogP contribution in [0.2, 0.25) is 0 Å². The number of hydrogen-bond acceptors (Lipinski definition) is 2. The van der Waals surface area contributed by atoms with E-state index in [-0.39, 0.29) is 1.43 Å². The maximum absolute atomic E-state index is 2.73. The van der Waals surface area contributed by atoms with E-state index >= 15 is 0 Å². The van der Waals surface area contributed by atoms with Crippen LogP contribution in [-0.2, 0) is 0 Å². The van der Waals surface area contributed by atoms with Gasteiger partial charge in [-0.1, -0.05) is 19.4 Å². The predicted octanol–water partition coefficient (Wildman–Crippen LogP) is 3.10. The Bertz CT molecular complexity index is 292. The van der Waals surface area contributed by atoms with Gasteiger partial charge in [-0.25, -0.2) is 0 Å². The standard InChI is InChI=1S/C15H26N2.H2/c1-13-12-17-10-4-2-6-14(17)8-11-16-9-5-3-7-15(13)16;/h8,11,13-15H,2-7,9-10,12H2,1H3;1H/b11-8-;. The van der Waals surface area contributed by atoms with Gasteiger partial charge in [0.25, 0.3) is 0 Å². The molecule has 0 aromatic rings. The topological polar surface area (TPSA) is 6.48 Å². The Morgan fingerprint density at radius 3 is 2.82 bits per heavy atom. The first-order valence-electron chi connectivity index (χ1n) is 7.53. The van der Waals surface area contributed by atoms with Gasteiger partial charge in [-0.3, -0.25) is 4.90 Å². The second-order valence-corrected chi connectivity index (χ2v) is 6.18. The molecule has 3 aliphatic rings. The third-order valence-electron chi connectivity index (χ3n) is 4.94. The van der Waals surface area contributed by atoms with Crippen molar-refractivity contribution in [2.45, 2.75) is 57.5 Å². The molecule has 3 aliphatic heterocycles. The molecule has 2 saturated heterocycles.